The van der Waals surface area contributed by atoms with Crippen LogP contribution in [0.2, 0.25) is 0 Å². The Balaban J connectivity index is 2.34. The molecule has 1 heterocycles. The second-order valence-electron chi connectivity index (χ2n) is 3.56. The molecule has 76 valence electrons. The third-order valence-corrected chi connectivity index (χ3v) is 2.43. The minimum atomic E-state index is 0.234. The number of aromatic nitrogens is 1. The molecule has 2 nitrogen and oxygen atoms in total. The highest BCUT2D eigenvalue weighted by Gasteiger charge is 2.02. The molecule has 0 aliphatic heterocycles. The Labute approximate surface area is 89.0 Å². The van der Waals surface area contributed by atoms with Gasteiger partial charge in [-0.05, 0) is 12.1 Å². The Kier molecular flexibility index (Phi) is 2.77. The lowest BCUT2D eigenvalue weighted by Crippen LogP contribution is -2.02. The van der Waals surface area contributed by atoms with Crippen LogP contribution in [0.1, 0.15) is 19.0 Å². The van der Waals surface area contributed by atoms with Crippen LogP contribution < -0.4 is 0 Å². The molecule has 2 rings (SSSR count). The SMILES string of the molecule is CCC(=O)Cc1ccc2ccccc2n1. The molecule has 1 aromatic carbocycles. The Morgan fingerprint density at radius 2 is 2.00 bits per heavy atom. The zero-order chi connectivity index (χ0) is 10.7. The molecule has 0 saturated heterocycles. The van der Waals surface area contributed by atoms with Crippen molar-refractivity contribution in [2.24, 2.45) is 0 Å². The smallest absolute Gasteiger partial charge is 0.138 e. The van der Waals surface area contributed by atoms with Crippen molar-refractivity contribution in [1.29, 1.82) is 0 Å². The van der Waals surface area contributed by atoms with Crippen molar-refractivity contribution < 1.29 is 4.79 Å². The number of benzene rings is 1. The Bertz CT molecular complexity index is 491. The topological polar surface area (TPSA) is 30.0 Å². The summed E-state index contributed by atoms with van der Waals surface area (Å²) < 4.78 is 0. The van der Waals surface area contributed by atoms with Gasteiger partial charge in [-0.3, -0.25) is 9.78 Å². The lowest BCUT2D eigenvalue weighted by atomic mass is 10.1. The number of nitrogens with zero attached hydrogens (tertiary/aromatic N) is 1. The molecule has 0 unspecified atom stereocenters. The number of rotatable bonds is 3. The van der Waals surface area contributed by atoms with Gasteiger partial charge in [0.15, 0.2) is 0 Å². The van der Waals surface area contributed by atoms with E-state index in [1.54, 1.807) is 0 Å². The summed E-state index contributed by atoms with van der Waals surface area (Å²) in [6.45, 7) is 1.88. The van der Waals surface area contributed by atoms with E-state index in [1.165, 1.54) is 0 Å². The van der Waals surface area contributed by atoms with E-state index in [0.29, 0.717) is 12.8 Å². The summed E-state index contributed by atoms with van der Waals surface area (Å²) in [4.78, 5) is 15.7. The zero-order valence-electron chi connectivity index (χ0n) is 8.73. The van der Waals surface area contributed by atoms with Crippen molar-refractivity contribution in [2.75, 3.05) is 0 Å². The number of fused-ring (bicyclic) bond motifs is 1. The van der Waals surface area contributed by atoms with Gasteiger partial charge in [-0.2, -0.15) is 0 Å². The van der Waals surface area contributed by atoms with Gasteiger partial charge in [-0.25, -0.2) is 0 Å². The fourth-order valence-electron chi connectivity index (χ4n) is 1.53. The molecule has 0 saturated carbocycles. The van der Waals surface area contributed by atoms with Gasteiger partial charge in [0.05, 0.1) is 5.52 Å². The fraction of sp³-hybridized carbons (Fsp3) is 0.231. The van der Waals surface area contributed by atoms with Gasteiger partial charge in [0.25, 0.3) is 0 Å². The van der Waals surface area contributed by atoms with E-state index in [9.17, 15) is 4.79 Å². The van der Waals surface area contributed by atoms with E-state index in [-0.39, 0.29) is 5.78 Å². The van der Waals surface area contributed by atoms with Gasteiger partial charge in [-0.15, -0.1) is 0 Å². The predicted molar refractivity (Wildman–Crippen MR) is 60.7 cm³/mol. The molecule has 0 atom stereocenters. The highest BCUT2D eigenvalue weighted by Crippen LogP contribution is 2.12. The van der Waals surface area contributed by atoms with Crippen molar-refractivity contribution in [3.63, 3.8) is 0 Å². The summed E-state index contributed by atoms with van der Waals surface area (Å²) in [5.74, 6) is 0.234. The van der Waals surface area contributed by atoms with Crippen LogP contribution in [0, 0.1) is 0 Å². The maximum Gasteiger partial charge on any atom is 0.138 e. The molecular formula is C13H13NO. The quantitative estimate of drug-likeness (QED) is 0.760. The second kappa shape index (κ2) is 4.22. The van der Waals surface area contributed by atoms with Crippen LogP contribution in [0.4, 0.5) is 0 Å². The number of hydrogen-bond acceptors (Lipinski definition) is 2. The molecule has 0 spiro atoms. The van der Waals surface area contributed by atoms with E-state index in [0.717, 1.165) is 16.6 Å². The van der Waals surface area contributed by atoms with Crippen LogP contribution in [0.5, 0.6) is 0 Å². The predicted octanol–water partition coefficient (Wildman–Crippen LogP) is 2.76. The van der Waals surface area contributed by atoms with Gasteiger partial charge in [0, 0.05) is 23.9 Å². The highest BCUT2D eigenvalue weighted by molar-refractivity contribution is 5.82. The molecule has 0 N–H and O–H groups in total. The summed E-state index contributed by atoms with van der Waals surface area (Å²) in [5, 5.41) is 1.12. The van der Waals surface area contributed by atoms with E-state index in [4.69, 9.17) is 0 Å². The molecule has 0 aliphatic carbocycles. The normalized spacial score (nSPS) is 10.5. The summed E-state index contributed by atoms with van der Waals surface area (Å²) >= 11 is 0. The number of carbonyl (C=O) groups excluding carboxylic acids is 1. The minimum Gasteiger partial charge on any atom is -0.299 e. The fourth-order valence-corrected chi connectivity index (χ4v) is 1.53. The third-order valence-electron chi connectivity index (χ3n) is 2.43. The Hall–Kier alpha value is -1.70. The maximum absolute atomic E-state index is 11.3. The number of para-hydroxylation sites is 1. The number of pyridine rings is 1. The molecule has 0 radical (unpaired) electrons. The third kappa shape index (κ3) is 2.21. The van der Waals surface area contributed by atoms with Crippen LogP contribution in [0.25, 0.3) is 10.9 Å². The van der Waals surface area contributed by atoms with Crippen LogP contribution in [0.3, 0.4) is 0 Å². The molecule has 0 bridgehead atoms. The first-order valence-electron chi connectivity index (χ1n) is 5.16. The monoisotopic (exact) mass is 199 g/mol. The lowest BCUT2D eigenvalue weighted by Gasteiger charge is -2.01. The number of hydrogen-bond donors (Lipinski definition) is 0. The average molecular weight is 199 g/mol. The van der Waals surface area contributed by atoms with Crippen molar-refractivity contribution in [3.8, 4) is 0 Å². The summed E-state index contributed by atoms with van der Waals surface area (Å²) in [7, 11) is 0. The molecular weight excluding hydrogens is 186 g/mol. The molecule has 15 heavy (non-hydrogen) atoms. The lowest BCUT2D eigenvalue weighted by molar-refractivity contribution is -0.118. The van der Waals surface area contributed by atoms with Gasteiger partial charge < -0.3 is 0 Å². The van der Waals surface area contributed by atoms with Gasteiger partial charge in [0.1, 0.15) is 5.78 Å². The van der Waals surface area contributed by atoms with Gasteiger partial charge >= 0.3 is 0 Å². The maximum atomic E-state index is 11.3. The van der Waals surface area contributed by atoms with Crippen LogP contribution in [-0.2, 0) is 11.2 Å². The number of carbonyl (C=O) groups is 1. The van der Waals surface area contributed by atoms with Crippen LogP contribution >= 0.6 is 0 Å². The van der Waals surface area contributed by atoms with E-state index >= 15 is 0 Å². The molecule has 0 amide bonds. The Morgan fingerprint density at radius 3 is 2.80 bits per heavy atom. The largest absolute Gasteiger partial charge is 0.299 e. The Morgan fingerprint density at radius 1 is 1.20 bits per heavy atom. The molecule has 0 fully saturated rings. The number of Topliss-reactive ketones (excluding diaryl/α,β-unsaturated/α-hetero) is 1. The highest BCUT2D eigenvalue weighted by atomic mass is 16.1. The van der Waals surface area contributed by atoms with Crippen LogP contribution in [0.15, 0.2) is 36.4 Å². The van der Waals surface area contributed by atoms with E-state index in [1.807, 2.05) is 43.3 Å². The summed E-state index contributed by atoms with van der Waals surface area (Å²) in [6.07, 6.45) is 1.02. The standard InChI is InChI=1S/C13H13NO/c1-2-12(15)9-11-8-7-10-5-3-4-6-13(10)14-11/h3-8H,2,9H2,1H3. The van der Waals surface area contributed by atoms with E-state index < -0.39 is 0 Å². The van der Waals surface area contributed by atoms with Crippen molar-refractivity contribution in [1.82, 2.24) is 4.98 Å². The summed E-state index contributed by atoms with van der Waals surface area (Å²) in [5.41, 5.74) is 1.82. The molecule has 2 aromatic rings. The number of ketones is 1. The first-order chi connectivity index (χ1) is 7.29. The van der Waals surface area contributed by atoms with E-state index in [2.05, 4.69) is 4.98 Å². The van der Waals surface area contributed by atoms with Gasteiger partial charge in [0.2, 0.25) is 0 Å². The van der Waals surface area contributed by atoms with Crippen LogP contribution in [-0.4, -0.2) is 10.8 Å². The average Bonchev–Trinajstić information content (AvgIpc) is 2.29. The van der Waals surface area contributed by atoms with Crippen molar-refractivity contribution in [3.05, 3.63) is 42.1 Å². The second-order valence-corrected chi connectivity index (χ2v) is 3.56. The van der Waals surface area contributed by atoms with Crippen molar-refractivity contribution >= 4 is 16.7 Å². The molecule has 1 aromatic heterocycles. The van der Waals surface area contributed by atoms with Crippen molar-refractivity contribution in [2.45, 2.75) is 19.8 Å². The zero-order valence-corrected chi connectivity index (χ0v) is 8.73. The first kappa shape index (κ1) is 9.84. The molecule has 0 aliphatic rings. The molecule has 2 heteroatoms. The minimum absolute atomic E-state index is 0.234. The summed E-state index contributed by atoms with van der Waals surface area (Å²) in [6, 6.07) is 11.9. The van der Waals surface area contributed by atoms with Gasteiger partial charge in [-0.1, -0.05) is 31.2 Å². The first-order valence-corrected chi connectivity index (χ1v) is 5.16.